The highest BCUT2D eigenvalue weighted by Gasteiger charge is 2.27. The van der Waals surface area contributed by atoms with Crippen LogP contribution in [0.1, 0.15) is 46.0 Å². The minimum absolute atomic E-state index is 0.332. The summed E-state index contributed by atoms with van der Waals surface area (Å²) in [6.07, 6.45) is 6.83. The van der Waals surface area contributed by atoms with Gasteiger partial charge in [-0.25, -0.2) is 0 Å². The molecule has 1 saturated carbocycles. The van der Waals surface area contributed by atoms with Gasteiger partial charge in [0.25, 0.3) is 0 Å². The van der Waals surface area contributed by atoms with Crippen LogP contribution in [0.3, 0.4) is 0 Å². The van der Waals surface area contributed by atoms with E-state index in [9.17, 15) is 0 Å². The van der Waals surface area contributed by atoms with Crippen LogP contribution in [-0.2, 0) is 4.74 Å². The normalized spacial score (nSPS) is 18.7. The second-order valence-corrected chi connectivity index (χ2v) is 4.55. The first-order valence-corrected chi connectivity index (χ1v) is 6.12. The van der Waals surface area contributed by atoms with Crippen molar-refractivity contribution >= 4 is 12.6 Å². The van der Waals surface area contributed by atoms with Crippen LogP contribution in [0.4, 0.5) is 0 Å². The molecule has 0 atom stereocenters. The van der Waals surface area contributed by atoms with Crippen LogP contribution in [0.5, 0.6) is 0 Å². The Kier molecular flexibility index (Phi) is 4.60. The lowest BCUT2D eigenvalue weighted by atomic mass is 9.85. The van der Waals surface area contributed by atoms with E-state index in [0.717, 1.165) is 12.4 Å². The Bertz CT molecular complexity index is 131. The van der Waals surface area contributed by atoms with Crippen molar-refractivity contribution in [3.63, 3.8) is 0 Å². The lowest BCUT2D eigenvalue weighted by Crippen LogP contribution is -2.32. The van der Waals surface area contributed by atoms with E-state index >= 15 is 0 Å². The summed E-state index contributed by atoms with van der Waals surface area (Å²) in [7, 11) is 0. The summed E-state index contributed by atoms with van der Waals surface area (Å²) in [5.74, 6) is 0.951. The van der Waals surface area contributed by atoms with E-state index in [0.29, 0.717) is 11.5 Å². The van der Waals surface area contributed by atoms with Crippen LogP contribution in [0, 0.1) is 5.41 Å². The van der Waals surface area contributed by atoms with E-state index in [1.165, 1.54) is 32.1 Å². The number of hydrogen-bond acceptors (Lipinski definition) is 2. The van der Waals surface area contributed by atoms with E-state index in [4.69, 9.17) is 4.74 Å². The summed E-state index contributed by atoms with van der Waals surface area (Å²) in [6.45, 7) is 5.39. The molecule has 1 nitrogen and oxygen atoms in total. The van der Waals surface area contributed by atoms with Gasteiger partial charge >= 0.3 is 0 Å². The highest BCUT2D eigenvalue weighted by Crippen LogP contribution is 2.31. The van der Waals surface area contributed by atoms with E-state index in [1.807, 2.05) is 0 Å². The van der Waals surface area contributed by atoms with Crippen LogP contribution in [-0.4, -0.2) is 18.5 Å². The average Bonchev–Trinajstić information content (AvgIpc) is 2.11. The van der Waals surface area contributed by atoms with Gasteiger partial charge in [0.05, 0.1) is 12.7 Å². The Morgan fingerprint density at radius 3 is 2.23 bits per heavy atom. The van der Waals surface area contributed by atoms with Crippen molar-refractivity contribution in [2.24, 2.45) is 5.41 Å². The molecule has 13 heavy (non-hydrogen) atoms. The third-order valence-corrected chi connectivity index (χ3v) is 4.18. The van der Waals surface area contributed by atoms with Crippen LogP contribution < -0.4 is 0 Å². The summed E-state index contributed by atoms with van der Waals surface area (Å²) >= 11 is 4.43. The number of rotatable bonds is 6. The second-order valence-electron chi connectivity index (χ2n) is 4.23. The van der Waals surface area contributed by atoms with Crippen LogP contribution >= 0.6 is 12.6 Å². The Morgan fingerprint density at radius 1 is 1.31 bits per heavy atom. The summed E-state index contributed by atoms with van der Waals surface area (Å²) < 4.78 is 5.87. The van der Waals surface area contributed by atoms with Crippen molar-refractivity contribution in [1.29, 1.82) is 0 Å². The maximum Gasteiger partial charge on any atom is 0.0575 e. The topological polar surface area (TPSA) is 9.23 Å². The van der Waals surface area contributed by atoms with E-state index in [1.54, 1.807) is 0 Å². The fourth-order valence-corrected chi connectivity index (χ4v) is 2.09. The molecule has 0 radical (unpaired) electrons. The number of thiol groups is 1. The molecule has 1 rings (SSSR count). The van der Waals surface area contributed by atoms with E-state index in [2.05, 4.69) is 26.5 Å². The summed E-state index contributed by atoms with van der Waals surface area (Å²) in [5.41, 5.74) is 0.332. The molecule has 0 unspecified atom stereocenters. The Balaban J connectivity index is 2.27. The van der Waals surface area contributed by atoms with Gasteiger partial charge in [0, 0.05) is 5.41 Å². The standard InChI is InChI=1S/C11H22OS/c1-3-11(4-2,9-13)8-12-10-6-5-7-10/h10,13H,3-9H2,1-2H3. The fraction of sp³-hybridized carbons (Fsp3) is 1.00. The van der Waals surface area contributed by atoms with Crippen molar-refractivity contribution in [1.82, 2.24) is 0 Å². The van der Waals surface area contributed by atoms with Gasteiger partial charge in [-0.1, -0.05) is 13.8 Å². The monoisotopic (exact) mass is 202 g/mol. The van der Waals surface area contributed by atoms with Gasteiger partial charge in [0.2, 0.25) is 0 Å². The molecule has 0 aliphatic heterocycles. The molecule has 1 fully saturated rings. The van der Waals surface area contributed by atoms with Gasteiger partial charge in [-0.3, -0.25) is 0 Å². The Labute approximate surface area is 87.7 Å². The molecular weight excluding hydrogens is 180 g/mol. The first-order chi connectivity index (χ1) is 6.26. The van der Waals surface area contributed by atoms with Crippen molar-refractivity contribution in [2.75, 3.05) is 12.4 Å². The molecule has 0 aromatic rings. The average molecular weight is 202 g/mol. The molecule has 78 valence electrons. The zero-order valence-electron chi connectivity index (χ0n) is 8.88. The van der Waals surface area contributed by atoms with Gasteiger partial charge in [-0.2, -0.15) is 12.6 Å². The lowest BCUT2D eigenvalue weighted by molar-refractivity contribution is -0.0408. The zero-order chi connectivity index (χ0) is 9.73. The van der Waals surface area contributed by atoms with E-state index < -0.39 is 0 Å². The molecule has 0 amide bonds. The van der Waals surface area contributed by atoms with E-state index in [-0.39, 0.29) is 0 Å². The van der Waals surface area contributed by atoms with Crippen molar-refractivity contribution in [3.8, 4) is 0 Å². The quantitative estimate of drug-likeness (QED) is 0.650. The lowest BCUT2D eigenvalue weighted by Gasteiger charge is -2.34. The molecule has 0 aromatic carbocycles. The number of hydrogen-bond donors (Lipinski definition) is 1. The molecule has 0 saturated heterocycles. The van der Waals surface area contributed by atoms with Gasteiger partial charge in [-0.15, -0.1) is 0 Å². The highest BCUT2D eigenvalue weighted by molar-refractivity contribution is 7.80. The van der Waals surface area contributed by atoms with Crippen molar-refractivity contribution in [3.05, 3.63) is 0 Å². The first kappa shape index (κ1) is 11.4. The highest BCUT2D eigenvalue weighted by atomic mass is 32.1. The predicted octanol–water partition coefficient (Wildman–Crippen LogP) is 3.29. The summed E-state index contributed by atoms with van der Waals surface area (Å²) in [4.78, 5) is 0. The third-order valence-electron chi connectivity index (χ3n) is 3.51. The van der Waals surface area contributed by atoms with Gasteiger partial charge in [0.15, 0.2) is 0 Å². The molecule has 1 aliphatic rings. The van der Waals surface area contributed by atoms with Crippen molar-refractivity contribution < 1.29 is 4.74 Å². The third kappa shape index (κ3) is 2.88. The molecule has 0 spiro atoms. The largest absolute Gasteiger partial charge is 0.378 e. The zero-order valence-corrected chi connectivity index (χ0v) is 9.78. The summed E-state index contributed by atoms with van der Waals surface area (Å²) in [5, 5.41) is 0. The molecule has 0 aromatic heterocycles. The Morgan fingerprint density at radius 2 is 1.92 bits per heavy atom. The van der Waals surface area contributed by atoms with Crippen LogP contribution in [0.15, 0.2) is 0 Å². The molecule has 2 heteroatoms. The Hall–Kier alpha value is 0.310. The molecule has 1 aliphatic carbocycles. The van der Waals surface area contributed by atoms with Gasteiger partial charge < -0.3 is 4.74 Å². The number of ether oxygens (including phenoxy) is 1. The molecular formula is C11H22OS. The SMILES string of the molecule is CCC(CC)(CS)COC1CCC1. The molecule has 0 N–H and O–H groups in total. The smallest absolute Gasteiger partial charge is 0.0575 e. The van der Waals surface area contributed by atoms with Gasteiger partial charge in [0.1, 0.15) is 0 Å². The fourth-order valence-electron chi connectivity index (χ4n) is 1.56. The molecule has 0 heterocycles. The van der Waals surface area contributed by atoms with Crippen LogP contribution in [0.2, 0.25) is 0 Å². The minimum Gasteiger partial charge on any atom is -0.378 e. The van der Waals surface area contributed by atoms with Crippen LogP contribution in [0.25, 0.3) is 0 Å². The second kappa shape index (κ2) is 5.26. The van der Waals surface area contributed by atoms with Gasteiger partial charge in [-0.05, 0) is 37.9 Å². The maximum atomic E-state index is 5.87. The first-order valence-electron chi connectivity index (χ1n) is 5.49. The summed E-state index contributed by atoms with van der Waals surface area (Å²) in [6, 6.07) is 0. The minimum atomic E-state index is 0.332. The predicted molar refractivity (Wildman–Crippen MR) is 60.5 cm³/mol. The van der Waals surface area contributed by atoms with Crippen molar-refractivity contribution in [2.45, 2.75) is 52.1 Å². The molecule has 0 bridgehead atoms. The maximum absolute atomic E-state index is 5.87.